The molecule has 0 fully saturated rings. The van der Waals surface area contributed by atoms with E-state index in [9.17, 15) is 15.0 Å². The SMILES string of the molecule is CCCCCC/C=C\CCCCCCCC(=O)NC(CO)C(O)/C=C/CC/C=C/CC/C=C/CCCCCCCCCCCCCCCCCCCC. The van der Waals surface area contributed by atoms with Crippen molar-refractivity contribution in [1.29, 1.82) is 0 Å². The van der Waals surface area contributed by atoms with Gasteiger partial charge in [-0.3, -0.25) is 4.79 Å². The highest BCUT2D eigenvalue weighted by molar-refractivity contribution is 5.76. The Morgan fingerprint density at radius 1 is 0.434 bits per heavy atom. The van der Waals surface area contributed by atoms with E-state index in [1.54, 1.807) is 6.08 Å². The van der Waals surface area contributed by atoms with Crippen molar-refractivity contribution in [1.82, 2.24) is 5.32 Å². The quantitative estimate of drug-likeness (QED) is 0.0431. The zero-order chi connectivity index (χ0) is 38.6. The van der Waals surface area contributed by atoms with Crippen molar-refractivity contribution in [2.75, 3.05) is 6.61 Å². The van der Waals surface area contributed by atoms with Crippen LogP contribution in [0.15, 0.2) is 48.6 Å². The monoisotopic (exact) mass is 742 g/mol. The molecule has 2 unspecified atom stereocenters. The summed E-state index contributed by atoms with van der Waals surface area (Å²) in [6, 6.07) is -0.649. The second kappa shape index (κ2) is 44.7. The second-order valence-corrected chi connectivity index (χ2v) is 15.8. The molecule has 0 aliphatic heterocycles. The van der Waals surface area contributed by atoms with Crippen LogP contribution in [0.3, 0.4) is 0 Å². The smallest absolute Gasteiger partial charge is 0.220 e. The number of hydrogen-bond donors (Lipinski definition) is 3. The minimum atomic E-state index is -0.873. The highest BCUT2D eigenvalue weighted by Gasteiger charge is 2.17. The third kappa shape index (κ3) is 41.4. The molecule has 1 amide bonds. The fraction of sp³-hybridized carbons (Fsp3) is 0.816. The molecule has 0 spiro atoms. The zero-order valence-electron chi connectivity index (χ0n) is 35.5. The Hall–Kier alpha value is -1.65. The summed E-state index contributed by atoms with van der Waals surface area (Å²) in [7, 11) is 0. The molecule has 0 aliphatic carbocycles. The average Bonchev–Trinajstić information content (AvgIpc) is 3.16. The number of unbranched alkanes of at least 4 members (excludes halogenated alkanes) is 29. The van der Waals surface area contributed by atoms with Crippen LogP contribution in [0.2, 0.25) is 0 Å². The van der Waals surface area contributed by atoms with Crippen LogP contribution in [-0.2, 0) is 4.79 Å². The second-order valence-electron chi connectivity index (χ2n) is 15.8. The Bertz CT molecular complexity index is 847. The first-order valence-electron chi connectivity index (χ1n) is 23.4. The summed E-state index contributed by atoms with van der Waals surface area (Å²) in [4.78, 5) is 12.3. The van der Waals surface area contributed by atoms with Gasteiger partial charge in [0.2, 0.25) is 5.91 Å². The lowest BCUT2D eigenvalue weighted by Gasteiger charge is -2.19. The van der Waals surface area contributed by atoms with Gasteiger partial charge < -0.3 is 15.5 Å². The minimum Gasteiger partial charge on any atom is -0.394 e. The van der Waals surface area contributed by atoms with Crippen molar-refractivity contribution in [3.05, 3.63) is 48.6 Å². The lowest BCUT2D eigenvalue weighted by Crippen LogP contribution is -2.45. The molecule has 0 aliphatic rings. The number of carbonyl (C=O) groups excluding carboxylic acids is 1. The van der Waals surface area contributed by atoms with E-state index in [-0.39, 0.29) is 12.5 Å². The summed E-state index contributed by atoms with van der Waals surface area (Å²) in [5.41, 5.74) is 0. The molecule has 0 bridgehead atoms. The zero-order valence-corrected chi connectivity index (χ0v) is 35.5. The minimum absolute atomic E-state index is 0.0881. The largest absolute Gasteiger partial charge is 0.394 e. The van der Waals surface area contributed by atoms with E-state index in [1.807, 2.05) is 6.08 Å². The number of amides is 1. The van der Waals surface area contributed by atoms with Crippen molar-refractivity contribution < 1.29 is 15.0 Å². The van der Waals surface area contributed by atoms with Gasteiger partial charge in [-0.1, -0.05) is 210 Å². The first-order valence-corrected chi connectivity index (χ1v) is 23.4. The number of aliphatic hydroxyl groups excluding tert-OH is 2. The van der Waals surface area contributed by atoms with E-state index in [1.165, 1.54) is 167 Å². The first-order chi connectivity index (χ1) is 26.2. The molecular formula is C49H91NO3. The fourth-order valence-corrected chi connectivity index (χ4v) is 6.91. The van der Waals surface area contributed by atoms with Crippen molar-refractivity contribution in [3.8, 4) is 0 Å². The summed E-state index contributed by atoms with van der Waals surface area (Å²) in [6.07, 6.45) is 61.0. The van der Waals surface area contributed by atoms with Crippen molar-refractivity contribution in [2.24, 2.45) is 0 Å². The summed E-state index contributed by atoms with van der Waals surface area (Å²) in [6.45, 7) is 4.28. The summed E-state index contributed by atoms with van der Waals surface area (Å²) >= 11 is 0. The van der Waals surface area contributed by atoms with Gasteiger partial charge in [0.25, 0.3) is 0 Å². The third-order valence-corrected chi connectivity index (χ3v) is 10.5. The fourth-order valence-electron chi connectivity index (χ4n) is 6.91. The summed E-state index contributed by atoms with van der Waals surface area (Å²) in [5.74, 6) is -0.0881. The normalized spacial score (nSPS) is 13.4. The maximum Gasteiger partial charge on any atom is 0.220 e. The molecule has 0 heterocycles. The third-order valence-electron chi connectivity index (χ3n) is 10.5. The van der Waals surface area contributed by atoms with E-state index >= 15 is 0 Å². The van der Waals surface area contributed by atoms with Crippen LogP contribution in [0.25, 0.3) is 0 Å². The van der Waals surface area contributed by atoms with Crippen LogP contribution in [0.1, 0.15) is 239 Å². The summed E-state index contributed by atoms with van der Waals surface area (Å²) < 4.78 is 0. The predicted molar refractivity (Wildman–Crippen MR) is 235 cm³/mol. The van der Waals surface area contributed by atoms with E-state index in [0.717, 1.165) is 51.4 Å². The Kier molecular flexibility index (Phi) is 43.4. The number of rotatable bonds is 42. The van der Waals surface area contributed by atoms with Crippen molar-refractivity contribution in [3.63, 3.8) is 0 Å². The summed E-state index contributed by atoms with van der Waals surface area (Å²) in [5, 5.41) is 23.0. The molecule has 0 saturated carbocycles. The number of nitrogens with one attached hydrogen (secondary N) is 1. The molecule has 0 aromatic carbocycles. The van der Waals surface area contributed by atoms with Crippen LogP contribution in [-0.4, -0.2) is 34.9 Å². The molecular weight excluding hydrogens is 651 g/mol. The molecule has 0 saturated heterocycles. The van der Waals surface area contributed by atoms with Gasteiger partial charge in [0.1, 0.15) is 0 Å². The first kappa shape index (κ1) is 51.4. The van der Waals surface area contributed by atoms with Gasteiger partial charge in [-0.05, 0) is 70.6 Å². The molecule has 53 heavy (non-hydrogen) atoms. The number of aliphatic hydroxyl groups is 2. The molecule has 0 aromatic heterocycles. The maximum atomic E-state index is 12.3. The average molecular weight is 742 g/mol. The van der Waals surface area contributed by atoms with Crippen LogP contribution < -0.4 is 5.32 Å². The predicted octanol–water partition coefficient (Wildman–Crippen LogP) is 14.7. The number of hydrogen-bond acceptors (Lipinski definition) is 3. The van der Waals surface area contributed by atoms with Gasteiger partial charge in [0.05, 0.1) is 18.8 Å². The number of allylic oxidation sites excluding steroid dienone is 7. The van der Waals surface area contributed by atoms with E-state index in [0.29, 0.717) is 6.42 Å². The van der Waals surface area contributed by atoms with Crippen molar-refractivity contribution in [2.45, 2.75) is 251 Å². The Labute approximate surface area is 331 Å². The van der Waals surface area contributed by atoms with E-state index < -0.39 is 12.1 Å². The van der Waals surface area contributed by atoms with Gasteiger partial charge in [0, 0.05) is 6.42 Å². The van der Waals surface area contributed by atoms with E-state index in [2.05, 4.69) is 55.6 Å². The molecule has 0 radical (unpaired) electrons. The van der Waals surface area contributed by atoms with Gasteiger partial charge in [-0.15, -0.1) is 0 Å². The Morgan fingerprint density at radius 3 is 1.11 bits per heavy atom. The van der Waals surface area contributed by atoms with Crippen LogP contribution in [0.5, 0.6) is 0 Å². The lowest BCUT2D eigenvalue weighted by molar-refractivity contribution is -0.123. The van der Waals surface area contributed by atoms with Gasteiger partial charge >= 0.3 is 0 Å². The molecule has 4 heteroatoms. The molecule has 4 nitrogen and oxygen atoms in total. The van der Waals surface area contributed by atoms with Crippen molar-refractivity contribution >= 4 is 5.91 Å². The lowest BCUT2D eigenvalue weighted by atomic mass is 10.0. The molecule has 3 N–H and O–H groups in total. The standard InChI is InChI=1S/C49H91NO3/c1-3-5-7-9-11-13-15-17-18-19-20-21-22-23-24-25-26-27-28-29-30-31-33-34-36-38-40-42-44-48(52)47(46-51)50-49(53)45-43-41-39-37-35-32-16-14-12-10-8-6-4-2/h14,16,29-30,34,36,42,44,47-48,51-52H,3-13,15,17-28,31-33,35,37-41,43,45-46H2,1-2H3,(H,50,53)/b16-14-,30-29+,36-34+,44-42+. The van der Waals surface area contributed by atoms with Crippen LogP contribution in [0, 0.1) is 0 Å². The maximum absolute atomic E-state index is 12.3. The highest BCUT2D eigenvalue weighted by atomic mass is 16.3. The Balaban J connectivity index is 3.59. The Morgan fingerprint density at radius 2 is 0.736 bits per heavy atom. The van der Waals surface area contributed by atoms with E-state index in [4.69, 9.17) is 0 Å². The van der Waals surface area contributed by atoms with Gasteiger partial charge in [-0.25, -0.2) is 0 Å². The molecule has 310 valence electrons. The highest BCUT2D eigenvalue weighted by Crippen LogP contribution is 2.15. The molecule has 2 atom stereocenters. The number of carbonyl (C=O) groups is 1. The molecule has 0 rings (SSSR count). The van der Waals surface area contributed by atoms with Gasteiger partial charge in [-0.2, -0.15) is 0 Å². The molecule has 0 aromatic rings. The van der Waals surface area contributed by atoms with Gasteiger partial charge in [0.15, 0.2) is 0 Å². The van der Waals surface area contributed by atoms with Crippen LogP contribution in [0.4, 0.5) is 0 Å². The van der Waals surface area contributed by atoms with Crippen LogP contribution >= 0.6 is 0 Å². The topological polar surface area (TPSA) is 69.6 Å².